The minimum absolute atomic E-state index is 0.731. The summed E-state index contributed by atoms with van der Waals surface area (Å²) in [5.41, 5.74) is 1.19. The summed E-state index contributed by atoms with van der Waals surface area (Å²) < 4.78 is 5.39. The number of ether oxygens (including phenoxy) is 1. The van der Waals surface area contributed by atoms with E-state index in [0.29, 0.717) is 0 Å². The standard InChI is InChI=1S/C13H19NO/c1-2-15-13-7-5-12(6-8-13)14-10-9-11-3-4-11/h5-8,11,14H,2-4,9-10H2,1H3. The van der Waals surface area contributed by atoms with E-state index in [9.17, 15) is 0 Å². The molecule has 2 rings (SSSR count). The van der Waals surface area contributed by atoms with Crippen LogP contribution < -0.4 is 10.1 Å². The molecule has 1 aromatic carbocycles. The molecule has 1 aliphatic carbocycles. The first-order valence-electron chi connectivity index (χ1n) is 5.85. The van der Waals surface area contributed by atoms with Gasteiger partial charge >= 0.3 is 0 Å². The molecule has 1 aromatic rings. The van der Waals surface area contributed by atoms with Crippen LogP contribution in [0.3, 0.4) is 0 Å². The molecule has 1 saturated carbocycles. The molecule has 82 valence electrons. The summed E-state index contributed by atoms with van der Waals surface area (Å²) in [5, 5.41) is 3.43. The van der Waals surface area contributed by atoms with Crippen LogP contribution in [0.4, 0.5) is 5.69 Å². The quantitative estimate of drug-likeness (QED) is 0.769. The first-order valence-corrected chi connectivity index (χ1v) is 5.85. The summed E-state index contributed by atoms with van der Waals surface area (Å²) in [5.74, 6) is 1.95. The highest BCUT2D eigenvalue weighted by Crippen LogP contribution is 2.32. The van der Waals surface area contributed by atoms with Gasteiger partial charge in [-0.1, -0.05) is 12.8 Å². The van der Waals surface area contributed by atoms with E-state index < -0.39 is 0 Å². The molecule has 0 saturated heterocycles. The van der Waals surface area contributed by atoms with Crippen molar-refractivity contribution in [1.29, 1.82) is 0 Å². The zero-order chi connectivity index (χ0) is 10.5. The number of nitrogens with one attached hydrogen (secondary N) is 1. The molecule has 2 heteroatoms. The number of rotatable bonds is 6. The first-order chi connectivity index (χ1) is 7.38. The second-order valence-electron chi connectivity index (χ2n) is 4.12. The molecule has 0 amide bonds. The molecule has 1 fully saturated rings. The summed E-state index contributed by atoms with van der Waals surface area (Å²) in [6.45, 7) is 3.83. The van der Waals surface area contributed by atoms with Gasteiger partial charge in [-0.15, -0.1) is 0 Å². The molecule has 0 aliphatic heterocycles. The molecule has 0 atom stereocenters. The Balaban J connectivity index is 1.75. The number of anilines is 1. The summed E-state index contributed by atoms with van der Waals surface area (Å²) in [7, 11) is 0. The third-order valence-corrected chi connectivity index (χ3v) is 2.74. The van der Waals surface area contributed by atoms with Gasteiger partial charge in [0.2, 0.25) is 0 Å². The van der Waals surface area contributed by atoms with Crippen molar-refractivity contribution < 1.29 is 4.74 Å². The van der Waals surface area contributed by atoms with Gasteiger partial charge in [-0.05, 0) is 43.5 Å². The zero-order valence-electron chi connectivity index (χ0n) is 9.33. The third kappa shape index (κ3) is 3.46. The van der Waals surface area contributed by atoms with Crippen molar-refractivity contribution in [2.45, 2.75) is 26.2 Å². The van der Waals surface area contributed by atoms with Gasteiger partial charge in [-0.3, -0.25) is 0 Å². The molecule has 1 aliphatic rings. The van der Waals surface area contributed by atoms with Crippen LogP contribution in [0.5, 0.6) is 5.75 Å². The highest BCUT2D eigenvalue weighted by molar-refractivity contribution is 5.46. The highest BCUT2D eigenvalue weighted by Gasteiger charge is 2.19. The van der Waals surface area contributed by atoms with Gasteiger partial charge in [0, 0.05) is 12.2 Å². The maximum Gasteiger partial charge on any atom is 0.119 e. The van der Waals surface area contributed by atoms with Crippen molar-refractivity contribution in [2.75, 3.05) is 18.5 Å². The molecule has 0 bridgehead atoms. The lowest BCUT2D eigenvalue weighted by molar-refractivity contribution is 0.340. The normalized spacial score (nSPS) is 15.0. The molecule has 0 spiro atoms. The Hall–Kier alpha value is -1.18. The van der Waals surface area contributed by atoms with Gasteiger partial charge in [-0.2, -0.15) is 0 Å². The number of hydrogen-bond acceptors (Lipinski definition) is 2. The zero-order valence-corrected chi connectivity index (χ0v) is 9.33. The molecule has 0 unspecified atom stereocenters. The molecular weight excluding hydrogens is 186 g/mol. The van der Waals surface area contributed by atoms with E-state index in [-0.39, 0.29) is 0 Å². The van der Waals surface area contributed by atoms with Gasteiger partial charge in [0.1, 0.15) is 5.75 Å². The Morgan fingerprint density at radius 1 is 1.27 bits per heavy atom. The Morgan fingerprint density at radius 2 is 2.00 bits per heavy atom. The second kappa shape index (κ2) is 5.06. The van der Waals surface area contributed by atoms with Crippen LogP contribution in [0.15, 0.2) is 24.3 Å². The monoisotopic (exact) mass is 205 g/mol. The van der Waals surface area contributed by atoms with E-state index >= 15 is 0 Å². The van der Waals surface area contributed by atoms with E-state index in [1.807, 2.05) is 19.1 Å². The first kappa shape index (κ1) is 10.3. The van der Waals surface area contributed by atoms with E-state index in [1.165, 1.54) is 24.9 Å². The van der Waals surface area contributed by atoms with Crippen molar-refractivity contribution in [3.05, 3.63) is 24.3 Å². The van der Waals surface area contributed by atoms with Gasteiger partial charge in [-0.25, -0.2) is 0 Å². The second-order valence-corrected chi connectivity index (χ2v) is 4.12. The SMILES string of the molecule is CCOc1ccc(NCCC2CC2)cc1. The molecule has 0 aromatic heterocycles. The van der Waals surface area contributed by atoms with Crippen LogP contribution in [0.2, 0.25) is 0 Å². The van der Waals surface area contributed by atoms with Gasteiger partial charge < -0.3 is 10.1 Å². The van der Waals surface area contributed by atoms with Crippen LogP contribution in [-0.2, 0) is 0 Å². The fourth-order valence-electron chi connectivity index (χ4n) is 1.66. The fourth-order valence-corrected chi connectivity index (χ4v) is 1.66. The molecule has 2 nitrogen and oxygen atoms in total. The maximum atomic E-state index is 5.39. The molecule has 0 heterocycles. The lowest BCUT2D eigenvalue weighted by atomic mass is 10.2. The maximum absolute atomic E-state index is 5.39. The molecular formula is C13H19NO. The Bertz CT molecular complexity index is 290. The summed E-state index contributed by atoms with van der Waals surface area (Å²) >= 11 is 0. The van der Waals surface area contributed by atoms with Gasteiger partial charge in [0.25, 0.3) is 0 Å². The van der Waals surface area contributed by atoms with Crippen LogP contribution in [0, 0.1) is 5.92 Å². The van der Waals surface area contributed by atoms with Crippen LogP contribution in [0.25, 0.3) is 0 Å². The third-order valence-electron chi connectivity index (χ3n) is 2.74. The lowest BCUT2D eigenvalue weighted by Gasteiger charge is -2.07. The average molecular weight is 205 g/mol. The Labute approximate surface area is 91.6 Å². The van der Waals surface area contributed by atoms with Crippen molar-refractivity contribution in [2.24, 2.45) is 5.92 Å². The largest absolute Gasteiger partial charge is 0.494 e. The number of benzene rings is 1. The minimum Gasteiger partial charge on any atom is -0.494 e. The fraction of sp³-hybridized carbons (Fsp3) is 0.538. The average Bonchev–Trinajstić information content (AvgIpc) is 3.05. The van der Waals surface area contributed by atoms with E-state index in [4.69, 9.17) is 4.74 Å². The Kier molecular flexibility index (Phi) is 3.49. The van der Waals surface area contributed by atoms with Crippen LogP contribution in [0.1, 0.15) is 26.2 Å². The summed E-state index contributed by atoms with van der Waals surface area (Å²) in [4.78, 5) is 0. The van der Waals surface area contributed by atoms with Crippen molar-refractivity contribution >= 4 is 5.69 Å². The lowest BCUT2D eigenvalue weighted by Crippen LogP contribution is -2.02. The van der Waals surface area contributed by atoms with E-state index in [2.05, 4.69) is 17.4 Å². The number of hydrogen-bond donors (Lipinski definition) is 1. The van der Waals surface area contributed by atoms with E-state index in [0.717, 1.165) is 24.8 Å². The smallest absolute Gasteiger partial charge is 0.119 e. The topological polar surface area (TPSA) is 21.3 Å². The summed E-state index contributed by atoms with van der Waals surface area (Å²) in [6.07, 6.45) is 4.18. The molecule has 1 N–H and O–H groups in total. The van der Waals surface area contributed by atoms with Crippen LogP contribution in [-0.4, -0.2) is 13.2 Å². The predicted molar refractivity (Wildman–Crippen MR) is 63.4 cm³/mol. The predicted octanol–water partition coefficient (Wildman–Crippen LogP) is 3.30. The summed E-state index contributed by atoms with van der Waals surface area (Å²) in [6, 6.07) is 8.20. The van der Waals surface area contributed by atoms with Crippen molar-refractivity contribution in [1.82, 2.24) is 0 Å². The minimum atomic E-state index is 0.731. The molecule has 15 heavy (non-hydrogen) atoms. The molecule has 0 radical (unpaired) electrons. The van der Waals surface area contributed by atoms with Crippen molar-refractivity contribution in [3.8, 4) is 5.75 Å². The Morgan fingerprint density at radius 3 is 2.60 bits per heavy atom. The van der Waals surface area contributed by atoms with Crippen molar-refractivity contribution in [3.63, 3.8) is 0 Å². The van der Waals surface area contributed by atoms with Gasteiger partial charge in [0.05, 0.1) is 6.61 Å². The highest BCUT2D eigenvalue weighted by atomic mass is 16.5. The van der Waals surface area contributed by atoms with Gasteiger partial charge in [0.15, 0.2) is 0 Å². The van der Waals surface area contributed by atoms with E-state index in [1.54, 1.807) is 0 Å². The van der Waals surface area contributed by atoms with Crippen LogP contribution >= 0.6 is 0 Å².